The lowest BCUT2D eigenvalue weighted by Crippen LogP contribution is -2.28. The van der Waals surface area contributed by atoms with Crippen LogP contribution >= 0.6 is 0 Å². The van der Waals surface area contributed by atoms with Gasteiger partial charge in [-0.2, -0.15) is 10.2 Å². The molecule has 0 saturated carbocycles. The van der Waals surface area contributed by atoms with Gasteiger partial charge < -0.3 is 0 Å². The molecule has 0 aliphatic carbocycles. The Morgan fingerprint density at radius 2 is 2.15 bits per heavy atom. The summed E-state index contributed by atoms with van der Waals surface area (Å²) < 4.78 is 3.85. The number of hydrazine groups is 1. The Kier molecular flexibility index (Phi) is 4.57. The lowest BCUT2D eigenvalue weighted by Gasteiger charge is -2.14. The second-order valence-electron chi connectivity index (χ2n) is 5.16. The molecule has 0 spiro atoms. The number of nitrogens with two attached hydrogens (primary N) is 1. The molecule has 6 nitrogen and oxygen atoms in total. The van der Waals surface area contributed by atoms with E-state index in [-0.39, 0.29) is 6.04 Å². The molecule has 2 rings (SSSR count). The van der Waals surface area contributed by atoms with Crippen molar-refractivity contribution in [1.29, 1.82) is 0 Å². The molecule has 1 unspecified atom stereocenters. The minimum absolute atomic E-state index is 0.120. The van der Waals surface area contributed by atoms with Gasteiger partial charge in [0, 0.05) is 37.1 Å². The van der Waals surface area contributed by atoms with Gasteiger partial charge in [-0.1, -0.05) is 0 Å². The van der Waals surface area contributed by atoms with Gasteiger partial charge in [-0.15, -0.1) is 0 Å². The minimum Gasteiger partial charge on any atom is -0.273 e. The van der Waals surface area contributed by atoms with Gasteiger partial charge in [0.1, 0.15) is 0 Å². The maximum atomic E-state index is 5.69. The highest BCUT2D eigenvalue weighted by Crippen LogP contribution is 2.21. The van der Waals surface area contributed by atoms with Crippen molar-refractivity contribution in [3.8, 4) is 0 Å². The predicted molar refractivity (Wildman–Crippen MR) is 79.0 cm³/mol. The number of rotatable bonds is 6. The van der Waals surface area contributed by atoms with Crippen LogP contribution in [0, 0.1) is 13.8 Å². The van der Waals surface area contributed by atoms with Crippen molar-refractivity contribution in [2.24, 2.45) is 12.9 Å². The number of nitrogens with zero attached hydrogens (tertiary/aromatic N) is 4. The van der Waals surface area contributed by atoms with E-state index in [1.807, 2.05) is 28.8 Å². The Morgan fingerprint density at radius 1 is 1.40 bits per heavy atom. The van der Waals surface area contributed by atoms with E-state index >= 15 is 0 Å². The summed E-state index contributed by atoms with van der Waals surface area (Å²) in [4.78, 5) is 0. The summed E-state index contributed by atoms with van der Waals surface area (Å²) in [7, 11) is 1.98. The predicted octanol–water partition coefficient (Wildman–Crippen LogP) is 1.39. The fourth-order valence-corrected chi connectivity index (χ4v) is 2.55. The number of aromatic nitrogens is 4. The first-order chi connectivity index (χ1) is 9.56. The number of aryl methyl sites for hydroxylation is 3. The second-order valence-corrected chi connectivity index (χ2v) is 5.16. The minimum atomic E-state index is 0.120. The van der Waals surface area contributed by atoms with E-state index in [1.54, 1.807) is 0 Å². The SMILES string of the molecule is CCn1cc(C(CCc2c(C)nn(C)c2C)NN)cn1. The van der Waals surface area contributed by atoms with E-state index in [1.165, 1.54) is 11.3 Å². The molecule has 0 bridgehead atoms. The van der Waals surface area contributed by atoms with Crippen molar-refractivity contribution in [2.45, 2.75) is 46.2 Å². The molecule has 0 radical (unpaired) electrons. The Morgan fingerprint density at radius 3 is 2.65 bits per heavy atom. The molecule has 20 heavy (non-hydrogen) atoms. The summed E-state index contributed by atoms with van der Waals surface area (Å²) in [6.45, 7) is 7.11. The molecule has 110 valence electrons. The van der Waals surface area contributed by atoms with Crippen LogP contribution in [0.2, 0.25) is 0 Å². The molecule has 0 amide bonds. The highest BCUT2D eigenvalue weighted by atomic mass is 15.3. The van der Waals surface area contributed by atoms with E-state index in [0.29, 0.717) is 0 Å². The molecular weight excluding hydrogens is 252 g/mol. The Labute approximate surface area is 119 Å². The Bertz CT molecular complexity index is 568. The lowest BCUT2D eigenvalue weighted by molar-refractivity contribution is 0.514. The normalized spacial score (nSPS) is 12.8. The van der Waals surface area contributed by atoms with Gasteiger partial charge >= 0.3 is 0 Å². The second kappa shape index (κ2) is 6.19. The summed E-state index contributed by atoms with van der Waals surface area (Å²) in [5.41, 5.74) is 7.67. The van der Waals surface area contributed by atoms with Gasteiger partial charge in [0.15, 0.2) is 0 Å². The summed E-state index contributed by atoms with van der Waals surface area (Å²) in [5, 5.41) is 8.76. The lowest BCUT2D eigenvalue weighted by atomic mass is 10.0. The topological polar surface area (TPSA) is 73.7 Å². The monoisotopic (exact) mass is 276 g/mol. The van der Waals surface area contributed by atoms with Crippen LogP contribution in [-0.2, 0) is 20.0 Å². The maximum Gasteiger partial charge on any atom is 0.0628 e. The van der Waals surface area contributed by atoms with Gasteiger partial charge in [-0.25, -0.2) is 0 Å². The molecule has 6 heteroatoms. The van der Waals surface area contributed by atoms with Crippen molar-refractivity contribution in [3.05, 3.63) is 34.9 Å². The first kappa shape index (κ1) is 14.7. The van der Waals surface area contributed by atoms with Crippen molar-refractivity contribution in [1.82, 2.24) is 25.0 Å². The molecule has 0 aliphatic heterocycles. The fourth-order valence-electron chi connectivity index (χ4n) is 2.55. The molecule has 0 fully saturated rings. The zero-order chi connectivity index (χ0) is 14.7. The van der Waals surface area contributed by atoms with Gasteiger partial charge in [-0.05, 0) is 39.2 Å². The molecule has 0 aliphatic rings. The third-order valence-corrected chi connectivity index (χ3v) is 3.92. The number of hydrogen-bond donors (Lipinski definition) is 2. The van der Waals surface area contributed by atoms with Crippen molar-refractivity contribution >= 4 is 0 Å². The Balaban J connectivity index is 2.07. The van der Waals surface area contributed by atoms with Crippen LogP contribution < -0.4 is 11.3 Å². The quantitative estimate of drug-likeness (QED) is 0.617. The standard InChI is InChI=1S/C14H24N6/c1-5-20-9-12(8-16-20)14(17-15)7-6-13-10(2)18-19(4)11(13)3/h8-9,14,17H,5-7,15H2,1-4H3. The van der Waals surface area contributed by atoms with Crippen LogP contribution in [0.15, 0.2) is 12.4 Å². The zero-order valence-corrected chi connectivity index (χ0v) is 12.7. The van der Waals surface area contributed by atoms with Gasteiger partial charge in [-0.3, -0.25) is 20.6 Å². The fraction of sp³-hybridized carbons (Fsp3) is 0.571. The molecular formula is C14H24N6. The van der Waals surface area contributed by atoms with Gasteiger partial charge in [0.25, 0.3) is 0 Å². The first-order valence-electron chi connectivity index (χ1n) is 7.04. The van der Waals surface area contributed by atoms with E-state index in [4.69, 9.17) is 5.84 Å². The molecule has 3 N–H and O–H groups in total. The molecule has 0 saturated heterocycles. The summed E-state index contributed by atoms with van der Waals surface area (Å²) >= 11 is 0. The van der Waals surface area contributed by atoms with Crippen LogP contribution in [0.4, 0.5) is 0 Å². The van der Waals surface area contributed by atoms with Crippen molar-refractivity contribution in [3.63, 3.8) is 0 Å². The summed E-state index contributed by atoms with van der Waals surface area (Å²) in [6.07, 6.45) is 5.82. The average Bonchev–Trinajstić information content (AvgIpc) is 2.99. The van der Waals surface area contributed by atoms with Crippen LogP contribution in [0.1, 0.15) is 41.9 Å². The zero-order valence-electron chi connectivity index (χ0n) is 12.7. The average molecular weight is 276 g/mol. The molecule has 2 aromatic rings. The molecule has 2 aromatic heterocycles. The molecule has 0 aromatic carbocycles. The van der Waals surface area contributed by atoms with Crippen molar-refractivity contribution in [2.75, 3.05) is 0 Å². The van der Waals surface area contributed by atoms with Gasteiger partial charge in [0.05, 0.1) is 11.9 Å². The third-order valence-electron chi connectivity index (χ3n) is 3.92. The van der Waals surface area contributed by atoms with Crippen LogP contribution in [-0.4, -0.2) is 19.6 Å². The number of hydrogen-bond acceptors (Lipinski definition) is 4. The van der Waals surface area contributed by atoms with E-state index in [9.17, 15) is 0 Å². The summed E-state index contributed by atoms with van der Waals surface area (Å²) in [5.74, 6) is 5.69. The number of nitrogens with one attached hydrogen (secondary N) is 1. The smallest absolute Gasteiger partial charge is 0.0628 e. The molecule has 1 atom stereocenters. The molecule has 2 heterocycles. The van der Waals surface area contributed by atoms with Crippen LogP contribution in [0.3, 0.4) is 0 Å². The largest absolute Gasteiger partial charge is 0.273 e. The van der Waals surface area contributed by atoms with E-state index in [0.717, 1.165) is 30.6 Å². The third kappa shape index (κ3) is 2.91. The van der Waals surface area contributed by atoms with Crippen LogP contribution in [0.5, 0.6) is 0 Å². The first-order valence-corrected chi connectivity index (χ1v) is 7.04. The highest BCUT2D eigenvalue weighted by Gasteiger charge is 2.15. The summed E-state index contributed by atoms with van der Waals surface area (Å²) in [6, 6.07) is 0.120. The maximum absolute atomic E-state index is 5.69. The Hall–Kier alpha value is -1.66. The van der Waals surface area contributed by atoms with E-state index < -0.39 is 0 Å². The van der Waals surface area contributed by atoms with Gasteiger partial charge in [0.2, 0.25) is 0 Å². The van der Waals surface area contributed by atoms with Crippen molar-refractivity contribution < 1.29 is 0 Å². The van der Waals surface area contributed by atoms with Crippen LogP contribution in [0.25, 0.3) is 0 Å². The van der Waals surface area contributed by atoms with E-state index in [2.05, 4.69) is 36.4 Å². The highest BCUT2D eigenvalue weighted by molar-refractivity contribution is 5.25.